The van der Waals surface area contributed by atoms with Crippen molar-refractivity contribution in [2.75, 3.05) is 20.0 Å². The number of hydrogen-bond acceptors (Lipinski definition) is 8. The predicted molar refractivity (Wildman–Crippen MR) is 120 cm³/mol. The van der Waals surface area contributed by atoms with E-state index in [1.165, 1.54) is 38.5 Å². The minimum absolute atomic E-state index is 0.0126. The summed E-state index contributed by atoms with van der Waals surface area (Å²) in [5.41, 5.74) is 4.38. The first-order chi connectivity index (χ1) is 15.7. The monoisotopic (exact) mass is 492 g/mol. The van der Waals surface area contributed by atoms with Gasteiger partial charge in [0.2, 0.25) is 11.6 Å². The second-order valence-electron chi connectivity index (χ2n) is 6.79. The Morgan fingerprint density at radius 3 is 2.36 bits per heavy atom. The van der Waals surface area contributed by atoms with Gasteiger partial charge in [0, 0.05) is 10.9 Å². The second-order valence-corrected chi connectivity index (χ2v) is 8.73. The number of rotatable bonds is 6. The van der Waals surface area contributed by atoms with Crippen molar-refractivity contribution in [1.82, 2.24) is 4.98 Å². The van der Waals surface area contributed by atoms with Gasteiger partial charge in [-0.05, 0) is 35.7 Å². The zero-order valence-electron chi connectivity index (χ0n) is 17.1. The highest BCUT2D eigenvalue weighted by atomic mass is 32.1. The molecule has 3 aromatic heterocycles. The smallest absolute Gasteiger partial charge is 0.434 e. The third-order valence-corrected chi connectivity index (χ3v) is 6.81. The quantitative estimate of drug-likeness (QED) is 0.361. The number of thiophene rings is 2. The van der Waals surface area contributed by atoms with Crippen molar-refractivity contribution in [2.24, 2.45) is 0 Å². The average Bonchev–Trinajstić information content (AvgIpc) is 3.44. The molecule has 0 amide bonds. The molecule has 0 saturated heterocycles. The Morgan fingerprint density at radius 2 is 1.76 bits per heavy atom. The van der Waals surface area contributed by atoms with E-state index < -0.39 is 29.0 Å². The summed E-state index contributed by atoms with van der Waals surface area (Å²) >= 11 is 1.75. The summed E-state index contributed by atoms with van der Waals surface area (Å²) in [6, 6.07) is 8.53. The molecule has 0 aliphatic rings. The van der Waals surface area contributed by atoms with E-state index in [2.05, 4.69) is 4.98 Å². The van der Waals surface area contributed by atoms with Crippen molar-refractivity contribution in [3.63, 3.8) is 0 Å². The molecule has 3 heterocycles. The van der Waals surface area contributed by atoms with E-state index in [1.807, 2.05) is 0 Å². The summed E-state index contributed by atoms with van der Waals surface area (Å²) in [6.07, 6.45) is -4.87. The minimum Gasteiger partial charge on any atom is -0.493 e. The van der Waals surface area contributed by atoms with E-state index in [0.29, 0.717) is 11.5 Å². The van der Waals surface area contributed by atoms with Crippen LogP contribution >= 0.6 is 22.7 Å². The SMILES string of the molecule is COc1ccc(C(=O)c2sc3nc(C(F)(F)F)c(C(=O)c4cccs4)cc3c2N)cc1OC. The van der Waals surface area contributed by atoms with Crippen LogP contribution in [0.5, 0.6) is 11.5 Å². The predicted octanol–water partition coefficient (Wildman–Crippen LogP) is 5.44. The number of nitrogens with zero attached hydrogens (tertiary/aromatic N) is 1. The van der Waals surface area contributed by atoms with Gasteiger partial charge in [0.15, 0.2) is 17.2 Å². The van der Waals surface area contributed by atoms with Gasteiger partial charge in [0.25, 0.3) is 0 Å². The van der Waals surface area contributed by atoms with Gasteiger partial charge >= 0.3 is 6.18 Å². The van der Waals surface area contributed by atoms with Crippen molar-refractivity contribution in [1.29, 1.82) is 0 Å². The number of fused-ring (bicyclic) bond motifs is 1. The van der Waals surface area contributed by atoms with Gasteiger partial charge in [-0.3, -0.25) is 9.59 Å². The summed E-state index contributed by atoms with van der Waals surface area (Å²) in [5.74, 6) is -0.614. The highest BCUT2D eigenvalue weighted by Crippen LogP contribution is 2.40. The zero-order valence-corrected chi connectivity index (χ0v) is 18.8. The Labute approximate surface area is 193 Å². The molecule has 4 rings (SSSR count). The number of hydrogen-bond donors (Lipinski definition) is 1. The van der Waals surface area contributed by atoms with Gasteiger partial charge in [0.05, 0.1) is 30.3 Å². The molecule has 0 unspecified atom stereocenters. The van der Waals surface area contributed by atoms with Crippen molar-refractivity contribution in [3.8, 4) is 11.5 Å². The van der Waals surface area contributed by atoms with Gasteiger partial charge in [-0.15, -0.1) is 22.7 Å². The average molecular weight is 493 g/mol. The van der Waals surface area contributed by atoms with E-state index in [-0.39, 0.29) is 31.2 Å². The number of alkyl halides is 3. The Hall–Kier alpha value is -3.44. The summed E-state index contributed by atoms with van der Waals surface area (Å²) in [5, 5.41) is 1.70. The van der Waals surface area contributed by atoms with E-state index in [4.69, 9.17) is 15.2 Å². The number of anilines is 1. The molecule has 1 aromatic carbocycles. The molecule has 0 aliphatic carbocycles. The van der Waals surface area contributed by atoms with E-state index in [9.17, 15) is 22.8 Å². The van der Waals surface area contributed by atoms with Gasteiger partial charge < -0.3 is 15.2 Å². The number of carbonyl (C=O) groups excluding carboxylic acids is 2. The lowest BCUT2D eigenvalue weighted by Gasteiger charge is -2.11. The summed E-state index contributed by atoms with van der Waals surface area (Å²) in [6.45, 7) is 0. The van der Waals surface area contributed by atoms with Crippen molar-refractivity contribution in [2.45, 2.75) is 6.18 Å². The largest absolute Gasteiger partial charge is 0.493 e. The van der Waals surface area contributed by atoms with Crippen LogP contribution in [0.25, 0.3) is 10.2 Å². The molecule has 2 N–H and O–H groups in total. The first kappa shape index (κ1) is 22.7. The van der Waals surface area contributed by atoms with Gasteiger partial charge in [-0.25, -0.2) is 4.98 Å². The molecule has 170 valence electrons. The Kier molecular flexibility index (Phi) is 5.85. The maximum Gasteiger partial charge on any atom is 0.434 e. The molecule has 11 heteroatoms. The fourth-order valence-electron chi connectivity index (χ4n) is 3.25. The van der Waals surface area contributed by atoms with Crippen LogP contribution in [0.15, 0.2) is 41.8 Å². The number of methoxy groups -OCH3 is 2. The number of ketones is 2. The van der Waals surface area contributed by atoms with E-state index in [0.717, 1.165) is 28.7 Å². The maximum absolute atomic E-state index is 13.7. The first-order valence-corrected chi connectivity index (χ1v) is 11.0. The molecule has 0 radical (unpaired) electrons. The fourth-order valence-corrected chi connectivity index (χ4v) is 4.97. The van der Waals surface area contributed by atoms with Crippen LogP contribution in [0.3, 0.4) is 0 Å². The zero-order chi connectivity index (χ0) is 23.9. The molecule has 0 fully saturated rings. The molecule has 4 aromatic rings. The van der Waals surface area contributed by atoms with Crippen LogP contribution in [-0.4, -0.2) is 30.8 Å². The number of nitrogens with two attached hydrogens (primary N) is 1. The van der Waals surface area contributed by atoms with Gasteiger partial charge in [-0.1, -0.05) is 6.07 Å². The summed E-state index contributed by atoms with van der Waals surface area (Å²) in [7, 11) is 2.86. The number of carbonyl (C=O) groups is 2. The normalized spacial score (nSPS) is 11.5. The van der Waals surface area contributed by atoms with E-state index in [1.54, 1.807) is 11.4 Å². The lowest BCUT2D eigenvalue weighted by atomic mass is 10.0. The van der Waals surface area contributed by atoms with Crippen LogP contribution in [0, 0.1) is 0 Å². The van der Waals surface area contributed by atoms with Crippen LogP contribution in [0.2, 0.25) is 0 Å². The number of benzene rings is 1. The molecule has 0 aliphatic heterocycles. The second kappa shape index (κ2) is 8.49. The van der Waals surface area contributed by atoms with Gasteiger partial charge in [-0.2, -0.15) is 13.2 Å². The van der Waals surface area contributed by atoms with Crippen molar-refractivity contribution >= 4 is 50.1 Å². The highest BCUT2D eigenvalue weighted by molar-refractivity contribution is 7.21. The topological polar surface area (TPSA) is 91.5 Å². The number of pyridine rings is 1. The molecule has 33 heavy (non-hydrogen) atoms. The first-order valence-electron chi connectivity index (χ1n) is 9.30. The number of nitrogen functional groups attached to an aromatic ring is 1. The Bertz CT molecular complexity index is 1380. The molecule has 0 bridgehead atoms. The number of halogens is 3. The summed E-state index contributed by atoms with van der Waals surface area (Å²) in [4.78, 5) is 29.6. The molecular weight excluding hydrogens is 477 g/mol. The molecule has 0 spiro atoms. The van der Waals surface area contributed by atoms with Crippen LogP contribution in [0.1, 0.15) is 36.2 Å². The Morgan fingerprint density at radius 1 is 1.03 bits per heavy atom. The lowest BCUT2D eigenvalue weighted by molar-refractivity contribution is -0.141. The van der Waals surface area contributed by atoms with Crippen molar-refractivity contribution in [3.05, 3.63) is 68.4 Å². The van der Waals surface area contributed by atoms with Crippen LogP contribution < -0.4 is 15.2 Å². The maximum atomic E-state index is 13.7. The van der Waals surface area contributed by atoms with Crippen LogP contribution in [-0.2, 0) is 6.18 Å². The standard InChI is InChI=1S/C22H15F3N2O4S2/c1-30-13-6-5-10(8-14(13)31-2)17(28)19-16(26)11-9-12(18(29)15-4-3-7-32-15)20(22(23,24)25)27-21(11)33-19/h3-9H,26H2,1-2H3. The minimum atomic E-state index is -4.87. The summed E-state index contributed by atoms with van der Waals surface area (Å²) < 4.78 is 51.6. The van der Waals surface area contributed by atoms with Crippen LogP contribution in [0.4, 0.5) is 18.9 Å². The third kappa shape index (κ3) is 4.05. The van der Waals surface area contributed by atoms with Gasteiger partial charge in [0.1, 0.15) is 9.71 Å². The number of aromatic nitrogens is 1. The van der Waals surface area contributed by atoms with E-state index >= 15 is 0 Å². The molecular formula is C22H15F3N2O4S2. The molecule has 6 nitrogen and oxygen atoms in total. The fraction of sp³-hybridized carbons (Fsp3) is 0.136. The number of ether oxygens (including phenoxy) is 2. The van der Waals surface area contributed by atoms with Crippen molar-refractivity contribution < 1.29 is 32.2 Å². The lowest BCUT2D eigenvalue weighted by Crippen LogP contribution is -2.15. The Balaban J connectivity index is 1.86. The third-order valence-electron chi connectivity index (χ3n) is 4.83. The molecule has 0 atom stereocenters. The molecule has 0 saturated carbocycles. The highest BCUT2D eigenvalue weighted by Gasteiger charge is 2.39.